The van der Waals surface area contributed by atoms with E-state index in [4.69, 9.17) is 5.73 Å². The second-order valence-electron chi connectivity index (χ2n) is 5.73. The van der Waals surface area contributed by atoms with Gasteiger partial charge in [-0.25, -0.2) is 0 Å². The summed E-state index contributed by atoms with van der Waals surface area (Å²) in [5, 5.41) is 9.79. The molecule has 1 saturated heterocycles. The molecular formula is C15H27N5O. The number of aromatic nitrogens is 2. The molecule has 0 spiro atoms. The Morgan fingerprint density at radius 3 is 2.86 bits per heavy atom. The molecule has 1 aromatic heterocycles. The number of piperidine rings is 1. The standard InChI is InChI=1S/C15H27N5O/c1-2-7-12-13(16)14(19-18-12)15(21)17-8-6-11-20-9-4-3-5-10-20/h2-11,16H2,1H3,(H,17,21)(H,18,19). The van der Waals surface area contributed by atoms with Crippen molar-refractivity contribution in [3.8, 4) is 0 Å². The number of rotatable bonds is 7. The maximum atomic E-state index is 12.0. The first kappa shape index (κ1) is 15.8. The van der Waals surface area contributed by atoms with Gasteiger partial charge in [0.25, 0.3) is 5.91 Å². The number of anilines is 1. The van der Waals surface area contributed by atoms with E-state index in [1.165, 1.54) is 32.4 Å². The molecule has 0 aromatic carbocycles. The van der Waals surface area contributed by atoms with E-state index in [0.717, 1.165) is 31.5 Å². The first-order valence-corrected chi connectivity index (χ1v) is 8.05. The number of carbonyl (C=O) groups excluding carboxylic acids is 1. The van der Waals surface area contributed by atoms with E-state index in [2.05, 4.69) is 27.3 Å². The lowest BCUT2D eigenvalue weighted by molar-refractivity contribution is 0.0947. The molecule has 2 heterocycles. The maximum Gasteiger partial charge on any atom is 0.273 e. The van der Waals surface area contributed by atoms with Crippen LogP contribution in [-0.2, 0) is 6.42 Å². The molecule has 1 aliphatic heterocycles. The molecule has 1 aromatic rings. The van der Waals surface area contributed by atoms with Gasteiger partial charge < -0.3 is 16.0 Å². The molecule has 1 aliphatic rings. The second kappa shape index (κ2) is 8.02. The zero-order valence-corrected chi connectivity index (χ0v) is 13.0. The van der Waals surface area contributed by atoms with Gasteiger partial charge >= 0.3 is 0 Å². The molecule has 4 N–H and O–H groups in total. The third-order valence-electron chi connectivity index (χ3n) is 3.98. The molecule has 0 radical (unpaired) electrons. The fraction of sp³-hybridized carbons (Fsp3) is 0.733. The Balaban J connectivity index is 1.71. The zero-order chi connectivity index (χ0) is 15.1. The van der Waals surface area contributed by atoms with Crippen molar-refractivity contribution in [3.05, 3.63) is 11.4 Å². The van der Waals surface area contributed by atoms with Crippen molar-refractivity contribution in [1.29, 1.82) is 0 Å². The van der Waals surface area contributed by atoms with E-state index in [1.807, 2.05) is 0 Å². The van der Waals surface area contributed by atoms with Crippen LogP contribution in [0.1, 0.15) is 55.2 Å². The summed E-state index contributed by atoms with van der Waals surface area (Å²) < 4.78 is 0. The number of nitrogens with zero attached hydrogens (tertiary/aromatic N) is 2. The van der Waals surface area contributed by atoms with Crippen LogP contribution in [0.2, 0.25) is 0 Å². The third kappa shape index (κ3) is 4.46. The number of hydrogen-bond donors (Lipinski definition) is 3. The molecule has 0 bridgehead atoms. The molecule has 1 amide bonds. The molecule has 6 heteroatoms. The predicted molar refractivity (Wildman–Crippen MR) is 84.2 cm³/mol. The molecule has 0 aliphatic carbocycles. The van der Waals surface area contributed by atoms with Gasteiger partial charge in [-0.15, -0.1) is 0 Å². The zero-order valence-electron chi connectivity index (χ0n) is 13.0. The highest BCUT2D eigenvalue weighted by molar-refractivity contribution is 5.97. The van der Waals surface area contributed by atoms with Crippen LogP contribution >= 0.6 is 0 Å². The summed E-state index contributed by atoms with van der Waals surface area (Å²) in [6.45, 7) is 6.18. The lowest BCUT2D eigenvalue weighted by atomic mass is 10.1. The van der Waals surface area contributed by atoms with Crippen LogP contribution in [0.4, 0.5) is 5.69 Å². The number of H-pyrrole nitrogens is 1. The summed E-state index contributed by atoms with van der Waals surface area (Å²) in [6, 6.07) is 0. The Hall–Kier alpha value is -1.56. The molecular weight excluding hydrogens is 266 g/mol. The number of nitrogens with one attached hydrogen (secondary N) is 2. The number of nitrogens with two attached hydrogens (primary N) is 1. The first-order chi connectivity index (χ1) is 10.2. The summed E-state index contributed by atoms with van der Waals surface area (Å²) in [4.78, 5) is 14.5. The Morgan fingerprint density at radius 2 is 2.14 bits per heavy atom. The molecule has 118 valence electrons. The van der Waals surface area contributed by atoms with Crippen LogP contribution in [-0.4, -0.2) is 47.2 Å². The topological polar surface area (TPSA) is 87.0 Å². The summed E-state index contributed by atoms with van der Waals surface area (Å²) >= 11 is 0. The largest absolute Gasteiger partial charge is 0.395 e. The normalized spacial score (nSPS) is 16.0. The van der Waals surface area contributed by atoms with Gasteiger partial charge in [-0.2, -0.15) is 5.10 Å². The van der Waals surface area contributed by atoms with E-state index in [1.54, 1.807) is 0 Å². The van der Waals surface area contributed by atoms with Crippen molar-refractivity contribution in [2.45, 2.75) is 45.4 Å². The fourth-order valence-electron chi connectivity index (χ4n) is 2.77. The summed E-state index contributed by atoms with van der Waals surface area (Å²) in [5.41, 5.74) is 7.63. The first-order valence-electron chi connectivity index (χ1n) is 8.05. The summed E-state index contributed by atoms with van der Waals surface area (Å²) in [7, 11) is 0. The molecule has 2 rings (SSSR count). The highest BCUT2D eigenvalue weighted by atomic mass is 16.1. The number of amides is 1. The van der Waals surface area contributed by atoms with Crippen LogP contribution < -0.4 is 11.1 Å². The van der Waals surface area contributed by atoms with E-state index in [-0.39, 0.29) is 5.91 Å². The van der Waals surface area contributed by atoms with Crippen LogP contribution in [0.15, 0.2) is 0 Å². The van der Waals surface area contributed by atoms with Gasteiger partial charge in [0.15, 0.2) is 5.69 Å². The Bertz CT molecular complexity index is 451. The molecule has 0 atom stereocenters. The van der Waals surface area contributed by atoms with Crippen LogP contribution in [0.25, 0.3) is 0 Å². The van der Waals surface area contributed by atoms with E-state index in [0.29, 0.717) is 17.9 Å². The van der Waals surface area contributed by atoms with Crippen molar-refractivity contribution in [1.82, 2.24) is 20.4 Å². The number of nitrogen functional groups attached to an aromatic ring is 1. The van der Waals surface area contributed by atoms with E-state index >= 15 is 0 Å². The maximum absolute atomic E-state index is 12.0. The van der Waals surface area contributed by atoms with Gasteiger partial charge in [-0.3, -0.25) is 9.89 Å². The van der Waals surface area contributed by atoms with E-state index < -0.39 is 0 Å². The molecule has 0 saturated carbocycles. The average molecular weight is 293 g/mol. The van der Waals surface area contributed by atoms with Gasteiger partial charge in [-0.05, 0) is 45.3 Å². The van der Waals surface area contributed by atoms with Crippen LogP contribution in [0, 0.1) is 0 Å². The summed E-state index contributed by atoms with van der Waals surface area (Å²) in [5.74, 6) is -0.176. The minimum absolute atomic E-state index is 0.176. The number of likely N-dealkylation sites (tertiary alicyclic amines) is 1. The summed E-state index contributed by atoms with van der Waals surface area (Å²) in [6.07, 6.45) is 6.72. The monoisotopic (exact) mass is 293 g/mol. The minimum Gasteiger partial charge on any atom is -0.395 e. The van der Waals surface area contributed by atoms with Crippen molar-refractivity contribution >= 4 is 11.6 Å². The lowest BCUT2D eigenvalue weighted by Crippen LogP contribution is -2.33. The van der Waals surface area contributed by atoms with Gasteiger partial charge in [0.2, 0.25) is 0 Å². The van der Waals surface area contributed by atoms with Gasteiger partial charge in [0.1, 0.15) is 0 Å². The average Bonchev–Trinajstić information content (AvgIpc) is 2.86. The Kier molecular flexibility index (Phi) is 6.04. The van der Waals surface area contributed by atoms with Gasteiger partial charge in [0, 0.05) is 6.54 Å². The van der Waals surface area contributed by atoms with Crippen molar-refractivity contribution < 1.29 is 4.79 Å². The smallest absolute Gasteiger partial charge is 0.273 e. The number of hydrogen-bond acceptors (Lipinski definition) is 4. The highest BCUT2D eigenvalue weighted by Crippen LogP contribution is 2.15. The van der Waals surface area contributed by atoms with Gasteiger partial charge in [0.05, 0.1) is 11.4 Å². The van der Waals surface area contributed by atoms with E-state index in [9.17, 15) is 4.79 Å². The molecule has 0 unspecified atom stereocenters. The number of aryl methyl sites for hydroxylation is 1. The third-order valence-corrected chi connectivity index (χ3v) is 3.98. The van der Waals surface area contributed by atoms with Crippen LogP contribution in [0.3, 0.4) is 0 Å². The number of aromatic amines is 1. The van der Waals surface area contributed by atoms with Gasteiger partial charge in [-0.1, -0.05) is 19.8 Å². The minimum atomic E-state index is -0.176. The molecule has 1 fully saturated rings. The Labute approximate surface area is 126 Å². The lowest BCUT2D eigenvalue weighted by Gasteiger charge is -2.26. The molecule has 21 heavy (non-hydrogen) atoms. The van der Waals surface area contributed by atoms with Crippen molar-refractivity contribution in [3.63, 3.8) is 0 Å². The highest BCUT2D eigenvalue weighted by Gasteiger charge is 2.16. The van der Waals surface area contributed by atoms with Crippen molar-refractivity contribution in [2.24, 2.45) is 0 Å². The predicted octanol–water partition coefficient (Wildman–Crippen LogP) is 1.55. The van der Waals surface area contributed by atoms with Crippen LogP contribution in [0.5, 0.6) is 0 Å². The quantitative estimate of drug-likeness (QED) is 0.666. The second-order valence-corrected chi connectivity index (χ2v) is 5.73. The van der Waals surface area contributed by atoms with Crippen molar-refractivity contribution in [2.75, 3.05) is 31.9 Å². The fourth-order valence-corrected chi connectivity index (χ4v) is 2.77. The molecule has 6 nitrogen and oxygen atoms in total. The SMILES string of the molecule is CCCc1[nH]nc(C(=O)NCCCN2CCCCC2)c1N. The number of carbonyl (C=O) groups is 1. The Morgan fingerprint density at radius 1 is 1.38 bits per heavy atom.